The number of H-pyrrole nitrogens is 1. The second kappa shape index (κ2) is 9.60. The molecular weight excluding hydrogens is 466 g/mol. The van der Waals surface area contributed by atoms with E-state index in [0.717, 1.165) is 16.6 Å². The van der Waals surface area contributed by atoms with Crippen molar-refractivity contribution in [2.75, 3.05) is 11.9 Å². The van der Waals surface area contributed by atoms with Crippen LogP contribution in [-0.4, -0.2) is 39.1 Å². The van der Waals surface area contributed by atoms with Gasteiger partial charge < -0.3 is 15.0 Å². The molecule has 35 heavy (non-hydrogen) atoms. The predicted octanol–water partition coefficient (Wildman–Crippen LogP) is 4.93. The van der Waals surface area contributed by atoms with Crippen molar-refractivity contribution in [1.82, 2.24) is 15.0 Å². The first-order valence-electron chi connectivity index (χ1n) is 11.1. The highest BCUT2D eigenvalue weighted by molar-refractivity contribution is 6.30. The Kier molecular flexibility index (Phi) is 6.20. The van der Waals surface area contributed by atoms with E-state index in [-0.39, 0.29) is 24.5 Å². The van der Waals surface area contributed by atoms with Crippen molar-refractivity contribution < 1.29 is 14.3 Å². The van der Waals surface area contributed by atoms with E-state index in [2.05, 4.69) is 20.4 Å². The normalized spacial score (nSPS) is 15.2. The van der Waals surface area contributed by atoms with Crippen LogP contribution < -0.4 is 10.1 Å². The number of halogens is 1. The minimum atomic E-state index is -0.338. The number of benzene rings is 3. The number of hydrogen-bond donors (Lipinski definition) is 2. The third kappa shape index (κ3) is 5.02. The fraction of sp³-hybridized carbons (Fsp3) is 0.154. The Labute approximate surface area is 206 Å². The molecular formula is C26H22ClN5O3. The Bertz CT molecular complexity index is 1400. The molecule has 9 heteroatoms. The van der Waals surface area contributed by atoms with Crippen LogP contribution in [0.5, 0.6) is 5.75 Å². The van der Waals surface area contributed by atoms with Gasteiger partial charge in [-0.1, -0.05) is 35.9 Å². The number of hydrazone groups is 1. The summed E-state index contributed by atoms with van der Waals surface area (Å²) in [4.78, 5) is 32.3. The summed E-state index contributed by atoms with van der Waals surface area (Å²) in [7, 11) is 0. The molecule has 1 unspecified atom stereocenters. The first kappa shape index (κ1) is 22.6. The van der Waals surface area contributed by atoms with E-state index < -0.39 is 0 Å². The number of aromatic amines is 1. The smallest absolute Gasteiger partial charge is 0.281 e. The maximum Gasteiger partial charge on any atom is 0.281 e. The molecule has 2 amide bonds. The molecule has 0 fully saturated rings. The van der Waals surface area contributed by atoms with Crippen molar-refractivity contribution in [3.8, 4) is 5.75 Å². The number of ether oxygens (including phenoxy) is 1. The second-order valence-electron chi connectivity index (χ2n) is 8.16. The highest BCUT2D eigenvalue weighted by Crippen LogP contribution is 2.34. The van der Waals surface area contributed by atoms with Gasteiger partial charge in [0.15, 0.2) is 12.4 Å². The summed E-state index contributed by atoms with van der Waals surface area (Å²) >= 11 is 6.23. The van der Waals surface area contributed by atoms with Gasteiger partial charge in [-0.05, 0) is 54.1 Å². The van der Waals surface area contributed by atoms with Gasteiger partial charge in [0.05, 0.1) is 17.1 Å². The first-order valence-corrected chi connectivity index (χ1v) is 11.4. The number of carbonyl (C=O) groups excluding carboxylic acids is 2. The fourth-order valence-corrected chi connectivity index (χ4v) is 4.19. The van der Waals surface area contributed by atoms with E-state index in [1.54, 1.807) is 30.3 Å². The zero-order chi connectivity index (χ0) is 24.4. The number of amides is 2. The lowest BCUT2D eigenvalue weighted by Gasteiger charge is -2.22. The molecule has 2 N–H and O–H groups in total. The van der Waals surface area contributed by atoms with E-state index in [9.17, 15) is 9.59 Å². The van der Waals surface area contributed by atoms with Crippen LogP contribution in [0.3, 0.4) is 0 Å². The molecule has 8 nitrogen and oxygen atoms in total. The topological polar surface area (TPSA) is 99.7 Å². The summed E-state index contributed by atoms with van der Waals surface area (Å²) in [6, 6.07) is 21.6. The number of nitrogens with one attached hydrogen (secondary N) is 2. The monoisotopic (exact) mass is 487 g/mol. The maximum atomic E-state index is 13.2. The average molecular weight is 488 g/mol. The standard InChI is InChI=1S/C26H22ClN5O3/c1-16(33)28-19-9-11-20(12-10-19)35-15-25(34)32-24(17-5-4-6-18(27)13-17)14-23(31-32)26-29-21-7-2-3-8-22(21)30-26/h2-13,24H,14-15H2,1H3,(H,28,33)(H,29,30). The highest BCUT2D eigenvalue weighted by atomic mass is 35.5. The van der Waals surface area contributed by atoms with Crippen LogP contribution in [0, 0.1) is 0 Å². The number of nitrogens with zero attached hydrogens (tertiary/aromatic N) is 3. The van der Waals surface area contributed by atoms with Crippen LogP contribution in [0.15, 0.2) is 77.9 Å². The quantitative estimate of drug-likeness (QED) is 0.402. The molecule has 0 spiro atoms. The van der Waals surface area contributed by atoms with E-state index >= 15 is 0 Å². The third-order valence-electron chi connectivity index (χ3n) is 5.60. The largest absolute Gasteiger partial charge is 0.484 e. The van der Waals surface area contributed by atoms with Crippen LogP contribution in [0.4, 0.5) is 5.69 Å². The summed E-state index contributed by atoms with van der Waals surface area (Å²) in [6.07, 6.45) is 0.483. The summed E-state index contributed by atoms with van der Waals surface area (Å²) in [6.45, 7) is 1.24. The SMILES string of the molecule is CC(=O)Nc1ccc(OCC(=O)N2N=C(c3nc4ccccc4[nH]3)CC2c2cccc(Cl)c2)cc1. The number of rotatable bonds is 6. The Morgan fingerprint density at radius 2 is 1.91 bits per heavy atom. The van der Waals surface area contributed by atoms with Crippen molar-refractivity contribution in [2.24, 2.45) is 5.10 Å². The van der Waals surface area contributed by atoms with Crippen molar-refractivity contribution in [1.29, 1.82) is 0 Å². The number of fused-ring (bicyclic) bond motifs is 1. The lowest BCUT2D eigenvalue weighted by Crippen LogP contribution is -2.31. The molecule has 3 aromatic carbocycles. The van der Waals surface area contributed by atoms with E-state index in [1.165, 1.54) is 11.9 Å². The molecule has 4 aromatic rings. The molecule has 5 rings (SSSR count). The Hall–Kier alpha value is -4.17. The molecule has 0 bridgehead atoms. The van der Waals surface area contributed by atoms with Gasteiger partial charge in [0.25, 0.3) is 5.91 Å². The Morgan fingerprint density at radius 1 is 1.11 bits per heavy atom. The lowest BCUT2D eigenvalue weighted by atomic mass is 10.0. The zero-order valence-electron chi connectivity index (χ0n) is 18.9. The average Bonchev–Trinajstić information content (AvgIpc) is 3.48. The van der Waals surface area contributed by atoms with Gasteiger partial charge in [-0.25, -0.2) is 9.99 Å². The fourth-order valence-electron chi connectivity index (χ4n) is 4.00. The van der Waals surface area contributed by atoms with Crippen LogP contribution in [0.2, 0.25) is 5.02 Å². The molecule has 0 saturated carbocycles. The van der Waals surface area contributed by atoms with Crippen molar-refractivity contribution in [3.05, 3.63) is 89.2 Å². The molecule has 1 aliphatic heterocycles. The number of para-hydroxylation sites is 2. The van der Waals surface area contributed by atoms with Crippen LogP contribution in [0.1, 0.15) is 30.8 Å². The summed E-state index contributed by atoms with van der Waals surface area (Å²) < 4.78 is 5.71. The molecule has 0 saturated heterocycles. The summed E-state index contributed by atoms with van der Waals surface area (Å²) in [5.41, 5.74) is 3.94. The highest BCUT2D eigenvalue weighted by Gasteiger charge is 2.34. The Balaban J connectivity index is 1.37. The molecule has 2 heterocycles. The van der Waals surface area contributed by atoms with Gasteiger partial charge in [-0.2, -0.15) is 5.10 Å². The van der Waals surface area contributed by atoms with Crippen LogP contribution in [-0.2, 0) is 9.59 Å². The molecule has 1 atom stereocenters. The third-order valence-corrected chi connectivity index (χ3v) is 5.83. The predicted molar refractivity (Wildman–Crippen MR) is 135 cm³/mol. The second-order valence-corrected chi connectivity index (χ2v) is 8.59. The van der Waals surface area contributed by atoms with Crippen molar-refractivity contribution >= 4 is 45.8 Å². The number of hydrogen-bond acceptors (Lipinski definition) is 5. The van der Waals surface area contributed by atoms with Crippen LogP contribution >= 0.6 is 11.6 Å². The van der Waals surface area contributed by atoms with Gasteiger partial charge >= 0.3 is 0 Å². The number of anilines is 1. The zero-order valence-corrected chi connectivity index (χ0v) is 19.6. The maximum absolute atomic E-state index is 13.2. The minimum absolute atomic E-state index is 0.159. The van der Waals surface area contributed by atoms with Gasteiger partial charge in [0.2, 0.25) is 5.91 Å². The van der Waals surface area contributed by atoms with Crippen molar-refractivity contribution in [3.63, 3.8) is 0 Å². The number of aromatic nitrogens is 2. The summed E-state index contributed by atoms with van der Waals surface area (Å²) in [5, 5.41) is 9.36. The first-order chi connectivity index (χ1) is 17.0. The van der Waals surface area contributed by atoms with E-state index in [4.69, 9.17) is 16.3 Å². The van der Waals surface area contributed by atoms with E-state index in [0.29, 0.717) is 34.4 Å². The molecule has 0 aliphatic carbocycles. The minimum Gasteiger partial charge on any atom is -0.484 e. The van der Waals surface area contributed by atoms with Crippen LogP contribution in [0.25, 0.3) is 11.0 Å². The Morgan fingerprint density at radius 3 is 2.66 bits per heavy atom. The van der Waals surface area contributed by atoms with Crippen molar-refractivity contribution in [2.45, 2.75) is 19.4 Å². The number of imidazole rings is 1. The molecule has 0 radical (unpaired) electrons. The van der Waals surface area contributed by atoms with Gasteiger partial charge in [-0.3, -0.25) is 9.59 Å². The lowest BCUT2D eigenvalue weighted by molar-refractivity contribution is -0.135. The summed E-state index contributed by atoms with van der Waals surface area (Å²) in [5.74, 6) is 0.676. The molecule has 176 valence electrons. The van der Waals surface area contributed by atoms with Gasteiger partial charge in [0, 0.05) is 24.1 Å². The van der Waals surface area contributed by atoms with Gasteiger partial charge in [-0.15, -0.1) is 0 Å². The molecule has 1 aromatic heterocycles. The number of carbonyl (C=O) groups is 2. The van der Waals surface area contributed by atoms with Gasteiger partial charge in [0.1, 0.15) is 11.5 Å². The van der Waals surface area contributed by atoms with E-state index in [1.807, 2.05) is 42.5 Å². The molecule has 1 aliphatic rings.